The number of nitriles is 1. The fraction of sp³-hybridized carbons (Fsp3) is 0. The molecule has 0 bridgehead atoms. The number of rotatable bonds is 2. The van der Waals surface area contributed by atoms with Crippen molar-refractivity contribution in [3.05, 3.63) is 53.6 Å². The minimum absolute atomic E-state index is 0.125. The largest absolute Gasteiger partial charge is 0.389 e. The third-order valence-corrected chi connectivity index (χ3v) is 2.73. The summed E-state index contributed by atoms with van der Waals surface area (Å²) in [6, 6.07) is 15.9. The zero-order valence-electron chi connectivity index (χ0n) is 9.05. The summed E-state index contributed by atoms with van der Waals surface area (Å²) in [4.78, 5) is 0.125. The summed E-state index contributed by atoms with van der Waals surface area (Å²) in [5.41, 5.74) is 6.76. The molecular weight excluding hydrogens is 228 g/mol. The molecule has 0 amide bonds. The third kappa shape index (κ3) is 2.32. The lowest BCUT2D eigenvalue weighted by Crippen LogP contribution is -2.09. The number of fused-ring (bicyclic) bond motifs is 1. The van der Waals surface area contributed by atoms with E-state index in [0.29, 0.717) is 5.57 Å². The van der Waals surface area contributed by atoms with Crippen LogP contribution >= 0.6 is 12.2 Å². The normalized spacial score (nSPS) is 11.1. The van der Waals surface area contributed by atoms with Crippen molar-refractivity contribution in [3.8, 4) is 6.07 Å². The maximum atomic E-state index is 8.94. The summed E-state index contributed by atoms with van der Waals surface area (Å²) >= 11 is 4.82. The monoisotopic (exact) mass is 238 g/mol. The van der Waals surface area contributed by atoms with Gasteiger partial charge in [-0.2, -0.15) is 5.26 Å². The molecule has 0 unspecified atom stereocenters. The van der Waals surface area contributed by atoms with E-state index in [1.165, 1.54) is 0 Å². The molecule has 0 heterocycles. The summed E-state index contributed by atoms with van der Waals surface area (Å²) < 4.78 is 0. The molecule has 2 aromatic carbocycles. The maximum Gasteiger partial charge on any atom is 0.114 e. The Labute approximate surface area is 105 Å². The van der Waals surface area contributed by atoms with Crippen molar-refractivity contribution in [1.29, 1.82) is 5.26 Å². The van der Waals surface area contributed by atoms with Crippen LogP contribution < -0.4 is 5.73 Å². The summed E-state index contributed by atoms with van der Waals surface area (Å²) in [6.07, 6.45) is 1.73. The third-order valence-electron chi connectivity index (χ3n) is 2.51. The SMILES string of the molecule is N#CC(=Cc1cccc2ccccc12)C(N)=S. The van der Waals surface area contributed by atoms with Crippen LogP contribution in [-0.2, 0) is 0 Å². The van der Waals surface area contributed by atoms with Gasteiger partial charge < -0.3 is 5.73 Å². The molecule has 2 N–H and O–H groups in total. The molecule has 0 fully saturated rings. The first-order valence-electron chi connectivity index (χ1n) is 5.12. The molecule has 3 heteroatoms. The van der Waals surface area contributed by atoms with E-state index in [1.807, 2.05) is 48.5 Å². The molecular formula is C14H10N2S. The first-order valence-corrected chi connectivity index (χ1v) is 5.52. The summed E-state index contributed by atoms with van der Waals surface area (Å²) in [5.74, 6) is 0. The molecule has 0 spiro atoms. The molecule has 17 heavy (non-hydrogen) atoms. The molecule has 0 radical (unpaired) electrons. The molecule has 0 aromatic heterocycles. The van der Waals surface area contributed by atoms with Gasteiger partial charge in [0.25, 0.3) is 0 Å². The number of benzene rings is 2. The smallest absolute Gasteiger partial charge is 0.114 e. The van der Waals surface area contributed by atoms with Crippen LogP contribution in [0.2, 0.25) is 0 Å². The average Bonchev–Trinajstić information content (AvgIpc) is 2.35. The average molecular weight is 238 g/mol. The van der Waals surface area contributed by atoms with Crippen molar-refractivity contribution in [2.75, 3.05) is 0 Å². The predicted molar refractivity (Wildman–Crippen MR) is 74.3 cm³/mol. The Balaban J connectivity index is 2.65. The standard InChI is InChI=1S/C14H10N2S/c15-9-12(14(16)17)8-11-6-3-5-10-4-1-2-7-13(10)11/h1-8H,(H2,16,17). The molecule has 0 aliphatic rings. The highest BCUT2D eigenvalue weighted by Gasteiger charge is 2.02. The van der Waals surface area contributed by atoms with Gasteiger partial charge in [0.2, 0.25) is 0 Å². The van der Waals surface area contributed by atoms with Gasteiger partial charge in [0.1, 0.15) is 11.1 Å². The lowest BCUT2D eigenvalue weighted by molar-refractivity contribution is 1.51. The second-order valence-corrected chi connectivity index (χ2v) is 4.04. The van der Waals surface area contributed by atoms with Crippen molar-refractivity contribution in [3.63, 3.8) is 0 Å². The van der Waals surface area contributed by atoms with E-state index in [1.54, 1.807) is 6.08 Å². The Hall–Kier alpha value is -2.18. The van der Waals surface area contributed by atoms with E-state index in [4.69, 9.17) is 23.2 Å². The van der Waals surface area contributed by atoms with Crippen LogP contribution in [0.5, 0.6) is 0 Å². The Morgan fingerprint density at radius 2 is 1.88 bits per heavy atom. The molecule has 2 rings (SSSR count). The van der Waals surface area contributed by atoms with E-state index in [9.17, 15) is 0 Å². The predicted octanol–water partition coefficient (Wildman–Crippen LogP) is 3.03. The van der Waals surface area contributed by atoms with Crippen LogP contribution in [0.25, 0.3) is 16.8 Å². The molecule has 82 valence electrons. The number of nitrogens with two attached hydrogens (primary N) is 1. The van der Waals surface area contributed by atoms with E-state index < -0.39 is 0 Å². The van der Waals surface area contributed by atoms with E-state index in [0.717, 1.165) is 16.3 Å². The maximum absolute atomic E-state index is 8.94. The van der Waals surface area contributed by atoms with Crippen molar-refractivity contribution in [1.82, 2.24) is 0 Å². The number of thiocarbonyl (C=S) groups is 1. The minimum Gasteiger partial charge on any atom is -0.389 e. The molecule has 2 nitrogen and oxygen atoms in total. The quantitative estimate of drug-likeness (QED) is 0.497. The fourth-order valence-electron chi connectivity index (χ4n) is 1.69. The molecule has 2 aromatic rings. The van der Waals surface area contributed by atoms with Gasteiger partial charge in [-0.05, 0) is 22.4 Å². The second kappa shape index (κ2) is 4.77. The lowest BCUT2D eigenvalue weighted by Gasteiger charge is -2.02. The van der Waals surface area contributed by atoms with Crippen molar-refractivity contribution in [2.45, 2.75) is 0 Å². The van der Waals surface area contributed by atoms with Crippen LogP contribution in [0.1, 0.15) is 5.56 Å². The topological polar surface area (TPSA) is 49.8 Å². The first-order chi connectivity index (χ1) is 8.22. The van der Waals surface area contributed by atoms with Crippen molar-refractivity contribution >= 4 is 34.1 Å². The minimum atomic E-state index is 0.125. The highest BCUT2D eigenvalue weighted by molar-refractivity contribution is 7.80. The lowest BCUT2D eigenvalue weighted by atomic mass is 10.0. The van der Waals surface area contributed by atoms with Gasteiger partial charge in [0.15, 0.2) is 0 Å². The Morgan fingerprint density at radius 3 is 2.59 bits per heavy atom. The van der Waals surface area contributed by atoms with E-state index in [2.05, 4.69) is 0 Å². The molecule has 0 saturated heterocycles. The molecule has 0 aliphatic carbocycles. The van der Waals surface area contributed by atoms with Gasteiger partial charge in [-0.15, -0.1) is 0 Å². The van der Waals surface area contributed by atoms with Gasteiger partial charge in [0, 0.05) is 0 Å². The molecule has 0 aliphatic heterocycles. The zero-order valence-corrected chi connectivity index (χ0v) is 9.87. The van der Waals surface area contributed by atoms with Crippen LogP contribution in [0.4, 0.5) is 0 Å². The van der Waals surface area contributed by atoms with Crippen molar-refractivity contribution < 1.29 is 0 Å². The number of nitrogens with zero attached hydrogens (tertiary/aromatic N) is 1. The summed E-state index contributed by atoms with van der Waals surface area (Å²) in [6.45, 7) is 0. The zero-order chi connectivity index (χ0) is 12.3. The Morgan fingerprint density at radius 1 is 1.18 bits per heavy atom. The Kier molecular flexibility index (Phi) is 3.17. The highest BCUT2D eigenvalue weighted by atomic mass is 32.1. The number of hydrogen-bond donors (Lipinski definition) is 1. The van der Waals surface area contributed by atoms with Gasteiger partial charge in [0.05, 0.1) is 5.57 Å². The van der Waals surface area contributed by atoms with Crippen molar-refractivity contribution in [2.24, 2.45) is 5.73 Å². The van der Waals surface area contributed by atoms with Crippen LogP contribution in [0.15, 0.2) is 48.0 Å². The Bertz CT molecular complexity index is 645. The van der Waals surface area contributed by atoms with Crippen LogP contribution in [-0.4, -0.2) is 4.99 Å². The first kappa shape index (κ1) is 11.3. The van der Waals surface area contributed by atoms with Crippen LogP contribution in [0, 0.1) is 11.3 Å². The highest BCUT2D eigenvalue weighted by Crippen LogP contribution is 2.20. The molecule has 0 atom stereocenters. The van der Waals surface area contributed by atoms with E-state index in [-0.39, 0.29) is 4.99 Å². The van der Waals surface area contributed by atoms with Crippen LogP contribution in [0.3, 0.4) is 0 Å². The van der Waals surface area contributed by atoms with Gasteiger partial charge in [-0.1, -0.05) is 54.7 Å². The van der Waals surface area contributed by atoms with E-state index >= 15 is 0 Å². The van der Waals surface area contributed by atoms with Gasteiger partial charge in [-0.3, -0.25) is 0 Å². The molecule has 0 saturated carbocycles. The second-order valence-electron chi connectivity index (χ2n) is 3.60. The summed E-state index contributed by atoms with van der Waals surface area (Å²) in [7, 11) is 0. The summed E-state index contributed by atoms with van der Waals surface area (Å²) in [5, 5.41) is 11.2. The fourth-order valence-corrected chi connectivity index (χ4v) is 1.79. The van der Waals surface area contributed by atoms with Gasteiger partial charge >= 0.3 is 0 Å². The number of hydrogen-bond acceptors (Lipinski definition) is 2. The van der Waals surface area contributed by atoms with Gasteiger partial charge in [-0.25, -0.2) is 0 Å².